The summed E-state index contributed by atoms with van der Waals surface area (Å²) in [6, 6.07) is 2.75. The number of halogens is 4. The van der Waals surface area contributed by atoms with Crippen LogP contribution in [-0.4, -0.2) is 55.9 Å². The molecule has 1 aromatic carbocycles. The third-order valence-corrected chi connectivity index (χ3v) is 5.79. The second-order valence-electron chi connectivity index (χ2n) is 10.4. The Kier molecular flexibility index (Phi) is 23.2. The maximum Gasteiger partial charge on any atom is 0.211 e. The Morgan fingerprint density at radius 3 is 2.24 bits per heavy atom. The molecule has 0 aromatic heterocycles. The lowest BCUT2D eigenvalue weighted by atomic mass is 9.85. The second kappa shape index (κ2) is 23.3. The van der Waals surface area contributed by atoms with Crippen LogP contribution in [0.4, 0.5) is 14.5 Å². The van der Waals surface area contributed by atoms with Gasteiger partial charge in [0, 0.05) is 43.8 Å². The van der Waals surface area contributed by atoms with Gasteiger partial charge in [0.2, 0.25) is 12.8 Å². The molecule has 1 aliphatic rings. The number of benzene rings is 1. The average Bonchev–Trinajstić information content (AvgIpc) is 3.39. The Morgan fingerprint density at radius 2 is 1.76 bits per heavy atom. The van der Waals surface area contributed by atoms with Gasteiger partial charge in [-0.2, -0.15) is 0 Å². The van der Waals surface area contributed by atoms with Crippen LogP contribution in [0.2, 0.25) is 5.02 Å². The molecule has 11 heteroatoms. The number of anilines is 1. The molecule has 0 unspecified atom stereocenters. The molecule has 2 amide bonds. The molecule has 1 fully saturated rings. The van der Waals surface area contributed by atoms with Crippen LogP contribution in [0.1, 0.15) is 59.4 Å². The van der Waals surface area contributed by atoms with Crippen LogP contribution in [0.15, 0.2) is 47.8 Å². The number of allylic oxidation sites excluding steroid dienone is 5. The lowest BCUT2D eigenvalue weighted by Gasteiger charge is -2.21. The van der Waals surface area contributed by atoms with Gasteiger partial charge in [-0.25, -0.2) is 8.78 Å². The Morgan fingerprint density at radius 1 is 1.17 bits per heavy atom. The Hall–Kier alpha value is -2.30. The van der Waals surface area contributed by atoms with Crippen LogP contribution >= 0.6 is 23.2 Å². The highest BCUT2D eigenvalue weighted by atomic mass is 35.5. The minimum Gasteiger partial charge on any atom is -0.396 e. The van der Waals surface area contributed by atoms with Crippen molar-refractivity contribution in [3.8, 4) is 0 Å². The fourth-order valence-corrected chi connectivity index (χ4v) is 3.55. The third kappa shape index (κ3) is 18.7. The first-order valence-corrected chi connectivity index (χ1v) is 14.2. The molecule has 0 aliphatic carbocycles. The summed E-state index contributed by atoms with van der Waals surface area (Å²) in [5.41, 5.74) is 1.64. The maximum atomic E-state index is 13.9. The van der Waals surface area contributed by atoms with E-state index in [9.17, 15) is 18.4 Å². The number of aliphatic hydroxyl groups excluding tert-OH is 2. The highest BCUT2D eigenvalue weighted by Crippen LogP contribution is 2.37. The molecule has 1 heterocycles. The van der Waals surface area contributed by atoms with Gasteiger partial charge < -0.3 is 26.2 Å². The van der Waals surface area contributed by atoms with E-state index in [4.69, 9.17) is 33.4 Å². The summed E-state index contributed by atoms with van der Waals surface area (Å²) in [5, 5.41) is 24.9. The Labute approximate surface area is 254 Å². The minimum atomic E-state index is -0.556. The van der Waals surface area contributed by atoms with Crippen LogP contribution in [0.5, 0.6) is 0 Å². The van der Waals surface area contributed by atoms with Gasteiger partial charge in [0.05, 0.1) is 10.1 Å². The van der Waals surface area contributed by atoms with Crippen molar-refractivity contribution in [3.63, 3.8) is 0 Å². The second-order valence-corrected chi connectivity index (χ2v) is 11.3. The average molecular weight is 623 g/mol. The van der Waals surface area contributed by atoms with Gasteiger partial charge in [-0.05, 0) is 54.1 Å². The zero-order valence-corrected chi connectivity index (χ0v) is 26.5. The van der Waals surface area contributed by atoms with E-state index < -0.39 is 11.6 Å². The predicted molar refractivity (Wildman–Crippen MR) is 166 cm³/mol. The van der Waals surface area contributed by atoms with Crippen molar-refractivity contribution in [2.75, 3.05) is 38.2 Å². The van der Waals surface area contributed by atoms with E-state index in [-0.39, 0.29) is 41.0 Å². The quantitative estimate of drug-likeness (QED) is 0.139. The first-order valence-electron chi connectivity index (χ1n) is 13.5. The number of nitrogens with one attached hydrogen (secondary N) is 3. The third-order valence-electron chi connectivity index (χ3n) is 5.16. The number of aliphatic hydroxyl groups is 2. The summed E-state index contributed by atoms with van der Waals surface area (Å²) >= 11 is 11.5. The molecule has 0 spiro atoms. The van der Waals surface area contributed by atoms with Crippen molar-refractivity contribution in [1.29, 1.82) is 0 Å². The highest BCUT2D eigenvalue weighted by Gasteiger charge is 2.30. The van der Waals surface area contributed by atoms with Crippen LogP contribution in [0.3, 0.4) is 0 Å². The molecule has 1 aliphatic heterocycles. The van der Waals surface area contributed by atoms with E-state index in [0.29, 0.717) is 55.5 Å². The van der Waals surface area contributed by atoms with Crippen molar-refractivity contribution in [2.24, 2.45) is 17.3 Å². The maximum absolute atomic E-state index is 13.9. The molecular weight excluding hydrogens is 575 g/mol. The number of amides is 2. The van der Waals surface area contributed by atoms with E-state index in [0.717, 1.165) is 0 Å². The topological polar surface area (TPSA) is 111 Å². The number of hydrogen-bond acceptors (Lipinski definition) is 5. The van der Waals surface area contributed by atoms with E-state index in [1.807, 2.05) is 13.8 Å². The first-order chi connectivity index (χ1) is 19.3. The number of carbonyl (C=O) groups is 2. The van der Waals surface area contributed by atoms with Gasteiger partial charge in [-0.3, -0.25) is 9.59 Å². The van der Waals surface area contributed by atoms with Gasteiger partial charge >= 0.3 is 0 Å². The summed E-state index contributed by atoms with van der Waals surface area (Å²) in [6.45, 7) is 17.6. The van der Waals surface area contributed by atoms with Crippen molar-refractivity contribution in [1.82, 2.24) is 10.6 Å². The molecule has 0 saturated carbocycles. The predicted octanol–water partition coefficient (Wildman–Crippen LogP) is 6.31. The van der Waals surface area contributed by atoms with Gasteiger partial charge in [0.1, 0.15) is 11.6 Å². The fraction of sp³-hybridized carbons (Fsp3) is 0.533. The fourth-order valence-electron chi connectivity index (χ4n) is 3.33. The zero-order chi connectivity index (χ0) is 32.0. The Balaban J connectivity index is 0. The molecule has 2 atom stereocenters. The van der Waals surface area contributed by atoms with Crippen molar-refractivity contribution >= 4 is 41.7 Å². The summed E-state index contributed by atoms with van der Waals surface area (Å²) in [5.74, 6) is -1.25. The van der Waals surface area contributed by atoms with Gasteiger partial charge in [0.25, 0.3) is 0 Å². The SMILES string of the molecule is C=C/C(Cl)=C(F)\C=C/C[C@H]1CNC[C@H]1c1cc(F)c(Cl)cc1NC=O.CC.CC(C)(C)C.O=CNCC(CO)CO. The summed E-state index contributed by atoms with van der Waals surface area (Å²) in [4.78, 5) is 20.5. The Bertz CT molecular complexity index is 960. The minimum absolute atomic E-state index is 0.0409. The van der Waals surface area contributed by atoms with Crippen molar-refractivity contribution in [2.45, 2.75) is 53.9 Å². The van der Waals surface area contributed by atoms with Crippen LogP contribution < -0.4 is 16.0 Å². The van der Waals surface area contributed by atoms with Crippen LogP contribution in [0.25, 0.3) is 0 Å². The van der Waals surface area contributed by atoms with E-state index >= 15 is 0 Å². The van der Waals surface area contributed by atoms with Crippen LogP contribution in [0, 0.1) is 23.1 Å². The summed E-state index contributed by atoms with van der Waals surface area (Å²) < 4.78 is 27.5. The molecule has 2 rings (SSSR count). The molecule has 1 aromatic rings. The standard InChI is InChI=1S/C18H18Cl2F2N2O.C5H11NO3.C5H12.C2H6/c1-2-14(19)16(21)5-3-4-11-8-23-9-13(11)12-6-17(22)15(20)7-18(12)24-10-25;7-2-5(3-8)1-6-4-9;1-5(2,3)4;1-2/h2-3,5-7,10-11,13,23H,1,4,8-9H2,(H,24,25);4-5,7-8H,1-3H2,(H,6,9);1-4H3;1-2H3/b5-3-,16-14-;;;/t11-,13+;;;/m0.../s1. The summed E-state index contributed by atoms with van der Waals surface area (Å²) in [7, 11) is 0. The molecule has 0 bridgehead atoms. The molecule has 7 nitrogen and oxygen atoms in total. The lowest BCUT2D eigenvalue weighted by Crippen LogP contribution is -2.26. The zero-order valence-electron chi connectivity index (χ0n) is 24.9. The number of carbonyl (C=O) groups excluding carboxylic acids is 2. The summed E-state index contributed by atoms with van der Waals surface area (Å²) in [6.07, 6.45) is 5.85. The molecular formula is C30H47Cl2F2N3O4. The highest BCUT2D eigenvalue weighted by molar-refractivity contribution is 6.31. The van der Waals surface area contributed by atoms with Gasteiger partial charge in [0.15, 0.2) is 0 Å². The molecule has 234 valence electrons. The van der Waals surface area contributed by atoms with Gasteiger partial charge in [-0.1, -0.05) is 77.4 Å². The van der Waals surface area contributed by atoms with Crippen molar-refractivity contribution in [3.05, 3.63) is 64.2 Å². The lowest BCUT2D eigenvalue weighted by molar-refractivity contribution is -0.109. The number of rotatable bonds is 12. The molecule has 0 radical (unpaired) electrons. The first kappa shape index (κ1) is 40.8. The molecule has 5 N–H and O–H groups in total. The normalized spacial score (nSPS) is 16.7. The van der Waals surface area contributed by atoms with Crippen LogP contribution in [-0.2, 0) is 9.59 Å². The van der Waals surface area contributed by atoms with E-state index in [2.05, 4.69) is 50.2 Å². The monoisotopic (exact) mass is 621 g/mol. The van der Waals surface area contributed by atoms with Crippen molar-refractivity contribution < 1.29 is 28.6 Å². The number of hydrogen-bond donors (Lipinski definition) is 5. The molecule has 1 saturated heterocycles. The van der Waals surface area contributed by atoms with Gasteiger partial charge in [-0.15, -0.1) is 0 Å². The smallest absolute Gasteiger partial charge is 0.211 e. The van der Waals surface area contributed by atoms with E-state index in [1.165, 1.54) is 24.3 Å². The largest absolute Gasteiger partial charge is 0.396 e. The molecule has 41 heavy (non-hydrogen) atoms. The van der Waals surface area contributed by atoms with E-state index in [1.54, 1.807) is 6.08 Å².